The number of pyridine rings is 1. The van der Waals surface area contributed by atoms with Crippen molar-refractivity contribution in [2.24, 2.45) is 0 Å². The van der Waals surface area contributed by atoms with Gasteiger partial charge < -0.3 is 10.1 Å². The Bertz CT molecular complexity index is 1360. The molecule has 1 N–H and O–H groups in total. The van der Waals surface area contributed by atoms with Crippen LogP contribution in [0.5, 0.6) is 5.75 Å². The van der Waals surface area contributed by atoms with Crippen LogP contribution in [0.4, 0.5) is 5.69 Å². The van der Waals surface area contributed by atoms with Crippen LogP contribution >= 0.6 is 11.8 Å². The van der Waals surface area contributed by atoms with Gasteiger partial charge in [0.15, 0.2) is 0 Å². The van der Waals surface area contributed by atoms with Gasteiger partial charge in [-0.05, 0) is 61.9 Å². The first-order valence-corrected chi connectivity index (χ1v) is 12.1. The predicted octanol–water partition coefficient (Wildman–Crippen LogP) is 6.72. The first-order chi connectivity index (χ1) is 17.0. The summed E-state index contributed by atoms with van der Waals surface area (Å²) < 4.78 is 5.28. The Balaban J connectivity index is 1.72. The molecule has 3 aromatic carbocycles. The summed E-state index contributed by atoms with van der Waals surface area (Å²) in [5.74, 6) is 0.599. The van der Waals surface area contributed by atoms with E-state index in [4.69, 9.17) is 9.72 Å². The third-order valence-electron chi connectivity index (χ3n) is 5.55. The van der Waals surface area contributed by atoms with Crippen LogP contribution in [0.3, 0.4) is 0 Å². The predicted molar refractivity (Wildman–Crippen MR) is 142 cm³/mol. The summed E-state index contributed by atoms with van der Waals surface area (Å²) in [6.45, 7) is 3.82. The Labute approximate surface area is 209 Å². The molecule has 1 atom stereocenters. The third-order valence-corrected chi connectivity index (χ3v) is 6.63. The van der Waals surface area contributed by atoms with Crippen molar-refractivity contribution in [2.75, 3.05) is 12.4 Å². The number of aryl methyl sites for hydroxylation is 1. The number of nitriles is 1. The molecule has 5 nitrogen and oxygen atoms in total. The molecule has 0 aliphatic rings. The number of hydrogen-bond acceptors (Lipinski definition) is 5. The van der Waals surface area contributed by atoms with Gasteiger partial charge in [0, 0.05) is 16.8 Å². The van der Waals surface area contributed by atoms with Crippen molar-refractivity contribution in [3.05, 3.63) is 96.1 Å². The first kappa shape index (κ1) is 24.1. The van der Waals surface area contributed by atoms with E-state index < -0.39 is 5.25 Å². The van der Waals surface area contributed by atoms with Crippen LogP contribution < -0.4 is 10.1 Å². The fraction of sp³-hybridized carbons (Fsp3) is 0.138. The molecular formula is C29H25N3O2S. The number of ether oxygens (including phenoxy) is 1. The fourth-order valence-corrected chi connectivity index (χ4v) is 4.50. The molecule has 0 aliphatic carbocycles. The molecule has 4 aromatic rings. The zero-order valence-corrected chi connectivity index (χ0v) is 20.6. The molecule has 1 heterocycles. The van der Waals surface area contributed by atoms with E-state index in [1.807, 2.05) is 98.8 Å². The van der Waals surface area contributed by atoms with Crippen LogP contribution in [-0.4, -0.2) is 23.3 Å². The average molecular weight is 480 g/mol. The van der Waals surface area contributed by atoms with E-state index in [0.717, 1.165) is 39.4 Å². The zero-order valence-electron chi connectivity index (χ0n) is 19.8. The molecule has 0 fully saturated rings. The lowest BCUT2D eigenvalue weighted by Gasteiger charge is -2.16. The molecule has 0 aliphatic heterocycles. The Morgan fingerprint density at radius 2 is 1.69 bits per heavy atom. The number of carbonyl (C=O) groups is 1. The van der Waals surface area contributed by atoms with Crippen LogP contribution in [-0.2, 0) is 4.79 Å². The van der Waals surface area contributed by atoms with Crippen LogP contribution in [0.15, 0.2) is 90.0 Å². The summed E-state index contributed by atoms with van der Waals surface area (Å²) in [5, 5.41) is 13.1. The largest absolute Gasteiger partial charge is 0.497 e. The number of thioether (sulfide) groups is 1. The lowest BCUT2D eigenvalue weighted by Crippen LogP contribution is -2.22. The van der Waals surface area contributed by atoms with Crippen LogP contribution in [0.25, 0.3) is 22.4 Å². The maximum atomic E-state index is 12.9. The molecule has 174 valence electrons. The monoisotopic (exact) mass is 479 g/mol. The number of anilines is 1. The minimum atomic E-state index is -0.467. The molecule has 6 heteroatoms. The van der Waals surface area contributed by atoms with E-state index in [1.54, 1.807) is 7.11 Å². The minimum Gasteiger partial charge on any atom is -0.497 e. The van der Waals surface area contributed by atoms with Gasteiger partial charge in [0.1, 0.15) is 16.8 Å². The molecule has 0 saturated carbocycles. The summed E-state index contributed by atoms with van der Waals surface area (Å²) >= 11 is 1.28. The Hall–Kier alpha value is -4.08. The minimum absolute atomic E-state index is 0.152. The molecule has 0 unspecified atom stereocenters. The van der Waals surface area contributed by atoms with Gasteiger partial charge in [-0.1, -0.05) is 59.8 Å². The highest BCUT2D eigenvalue weighted by Gasteiger charge is 2.21. The number of hydrogen-bond donors (Lipinski definition) is 1. The van der Waals surface area contributed by atoms with Gasteiger partial charge >= 0.3 is 0 Å². The van der Waals surface area contributed by atoms with Gasteiger partial charge in [-0.3, -0.25) is 4.79 Å². The van der Waals surface area contributed by atoms with Crippen molar-refractivity contribution >= 4 is 23.4 Å². The van der Waals surface area contributed by atoms with Crippen molar-refractivity contribution in [3.63, 3.8) is 0 Å². The third kappa shape index (κ3) is 5.71. The second-order valence-electron chi connectivity index (χ2n) is 8.06. The van der Waals surface area contributed by atoms with Gasteiger partial charge in [-0.2, -0.15) is 5.26 Å². The average Bonchev–Trinajstić information content (AvgIpc) is 2.90. The van der Waals surface area contributed by atoms with Gasteiger partial charge in [0.2, 0.25) is 5.91 Å². The van der Waals surface area contributed by atoms with Crippen LogP contribution in [0.2, 0.25) is 0 Å². The van der Waals surface area contributed by atoms with Crippen LogP contribution in [0.1, 0.15) is 18.1 Å². The SMILES string of the molecule is COc1ccc(-c2cc(-c3ccccc3)c(C#N)c(S[C@H](C)C(=O)Nc3ccc(C)cc3)n2)cc1. The molecular weight excluding hydrogens is 454 g/mol. The first-order valence-electron chi connectivity index (χ1n) is 11.2. The van der Waals surface area contributed by atoms with Crippen LogP contribution in [0, 0.1) is 18.3 Å². The van der Waals surface area contributed by atoms with Gasteiger partial charge in [-0.25, -0.2) is 4.98 Å². The van der Waals surface area contributed by atoms with Crippen molar-refractivity contribution in [1.29, 1.82) is 5.26 Å². The van der Waals surface area contributed by atoms with E-state index in [2.05, 4.69) is 11.4 Å². The van der Waals surface area contributed by atoms with Crippen molar-refractivity contribution < 1.29 is 9.53 Å². The van der Waals surface area contributed by atoms with E-state index in [-0.39, 0.29) is 5.91 Å². The number of amides is 1. The number of nitrogens with one attached hydrogen (secondary N) is 1. The Morgan fingerprint density at radius 1 is 1.00 bits per heavy atom. The van der Waals surface area contributed by atoms with E-state index in [9.17, 15) is 10.1 Å². The topological polar surface area (TPSA) is 75.0 Å². The van der Waals surface area contributed by atoms with Gasteiger partial charge in [0.05, 0.1) is 23.6 Å². The summed E-state index contributed by atoms with van der Waals surface area (Å²) in [6.07, 6.45) is 0. The van der Waals surface area contributed by atoms with Gasteiger partial charge in [-0.15, -0.1) is 0 Å². The molecule has 35 heavy (non-hydrogen) atoms. The lowest BCUT2D eigenvalue weighted by molar-refractivity contribution is -0.115. The summed E-state index contributed by atoms with van der Waals surface area (Å²) in [5.41, 5.74) is 5.62. The summed E-state index contributed by atoms with van der Waals surface area (Å²) in [7, 11) is 1.63. The number of nitrogens with zero attached hydrogens (tertiary/aromatic N) is 2. The smallest absolute Gasteiger partial charge is 0.237 e. The molecule has 0 bridgehead atoms. The number of rotatable bonds is 7. The molecule has 1 aromatic heterocycles. The highest BCUT2D eigenvalue weighted by molar-refractivity contribution is 8.00. The molecule has 0 saturated heterocycles. The van der Waals surface area contributed by atoms with E-state index >= 15 is 0 Å². The molecule has 0 spiro atoms. The van der Waals surface area contributed by atoms with Crippen molar-refractivity contribution in [2.45, 2.75) is 24.1 Å². The normalized spacial score (nSPS) is 11.4. The molecule has 1 amide bonds. The van der Waals surface area contributed by atoms with E-state index in [1.165, 1.54) is 11.8 Å². The number of aromatic nitrogens is 1. The number of methoxy groups -OCH3 is 1. The maximum absolute atomic E-state index is 12.9. The quantitative estimate of drug-likeness (QED) is 0.298. The summed E-state index contributed by atoms with van der Waals surface area (Å²) in [4.78, 5) is 17.7. The molecule has 0 radical (unpaired) electrons. The Morgan fingerprint density at radius 3 is 2.31 bits per heavy atom. The molecule has 4 rings (SSSR count). The maximum Gasteiger partial charge on any atom is 0.237 e. The fourth-order valence-electron chi connectivity index (χ4n) is 3.57. The van der Waals surface area contributed by atoms with Crippen molar-refractivity contribution in [3.8, 4) is 34.2 Å². The Kier molecular flexibility index (Phi) is 7.49. The van der Waals surface area contributed by atoms with E-state index in [0.29, 0.717) is 10.6 Å². The number of carbonyl (C=O) groups excluding carboxylic acids is 1. The lowest BCUT2D eigenvalue weighted by atomic mass is 9.99. The highest BCUT2D eigenvalue weighted by Crippen LogP contribution is 2.36. The van der Waals surface area contributed by atoms with Crippen molar-refractivity contribution in [1.82, 2.24) is 4.98 Å². The standard InChI is InChI=1S/C29H25N3O2S/c1-19-9-13-23(14-10-19)31-28(33)20(2)35-29-26(18-30)25(21-7-5-4-6-8-21)17-27(32-29)22-11-15-24(34-3)16-12-22/h4-17,20H,1-3H3,(H,31,33)/t20-/m1/s1. The number of benzene rings is 3. The second kappa shape index (κ2) is 10.9. The zero-order chi connectivity index (χ0) is 24.8. The second-order valence-corrected chi connectivity index (χ2v) is 9.39. The van der Waals surface area contributed by atoms with Gasteiger partial charge in [0.25, 0.3) is 0 Å². The highest BCUT2D eigenvalue weighted by atomic mass is 32.2. The summed E-state index contributed by atoms with van der Waals surface area (Å²) in [6, 6.07) is 29.3.